The van der Waals surface area contributed by atoms with Crippen LogP contribution < -0.4 is 22.2 Å². The predicted molar refractivity (Wildman–Crippen MR) is 350 cm³/mol. The van der Waals surface area contributed by atoms with Crippen molar-refractivity contribution in [3.8, 4) is 0 Å². The van der Waals surface area contributed by atoms with Crippen molar-refractivity contribution < 1.29 is 33.5 Å². The molecule has 0 spiro atoms. The fraction of sp³-hybridized carbons (Fsp3) is 0.511. The molecule has 30 heteroatoms. The third kappa shape index (κ3) is 17.4. The summed E-state index contributed by atoms with van der Waals surface area (Å²) in [5, 5.41) is 9.32. The van der Waals surface area contributed by atoms with E-state index in [2.05, 4.69) is 18.8 Å². The highest BCUT2D eigenvalue weighted by Gasteiger charge is 2.32. The Kier molecular flexibility index (Phi) is 27.7. The van der Waals surface area contributed by atoms with Crippen LogP contribution in [0.2, 0.25) is 0 Å². The molecule has 0 amide bonds. The van der Waals surface area contributed by atoms with E-state index in [1.165, 1.54) is 63.0 Å². The van der Waals surface area contributed by atoms with E-state index in [4.69, 9.17) is 33.5 Å². The molecule has 410 valence electrons. The number of hydrogen-bond acceptors (Lipinski definition) is 28. The van der Waals surface area contributed by atoms with Gasteiger partial charge in [-0.15, -0.1) is 94.1 Å². The van der Waals surface area contributed by atoms with Crippen LogP contribution in [0.15, 0.2) is 82.2 Å². The van der Waals surface area contributed by atoms with Crippen LogP contribution in [0.5, 0.6) is 0 Å². The van der Waals surface area contributed by atoms with Crippen LogP contribution in [0.4, 0.5) is 0 Å². The predicted octanol–water partition coefficient (Wildman–Crippen LogP) is 11.9. The molecule has 75 heavy (non-hydrogen) atoms. The normalized spacial score (nSPS) is 21.9. The van der Waals surface area contributed by atoms with Gasteiger partial charge >= 0.3 is 0 Å². The highest BCUT2D eigenvalue weighted by Crippen LogP contribution is 2.67. The van der Waals surface area contributed by atoms with Gasteiger partial charge in [0, 0.05) is 34.5 Å². The molecule has 8 bridgehead atoms. The highest BCUT2D eigenvalue weighted by molar-refractivity contribution is 8.46. The minimum atomic E-state index is -0.545. The highest BCUT2D eigenvalue weighted by atomic mass is 32.3. The lowest BCUT2D eigenvalue weighted by Gasteiger charge is -2.08. The SMILES string of the molecule is CSC1=C2SCCOCCOCCSC3=C(SC)S/C(=C4/SC(=C(SCCOCCSn5c(=O)c6cc7c(=O)n(CCOCCO)c(=O)c7cc6c5=O)S4)SCCOCCOCCSC4=C(SC)S/C(=C(/S1)S2)S4)S3. The van der Waals surface area contributed by atoms with Gasteiger partial charge in [-0.3, -0.25) is 23.7 Å². The number of nitrogens with zero attached hydrogens (tertiary/aromatic N) is 2. The van der Waals surface area contributed by atoms with E-state index in [1.54, 1.807) is 23.5 Å². The Bertz CT molecular complexity index is 2830. The van der Waals surface area contributed by atoms with E-state index in [1.807, 2.05) is 165 Å². The summed E-state index contributed by atoms with van der Waals surface area (Å²) >= 11 is 30.7. The number of aliphatic hydroxyl groups is 1. The Balaban J connectivity index is 0.826. The van der Waals surface area contributed by atoms with Crippen LogP contribution in [0.25, 0.3) is 21.5 Å². The fourth-order valence-electron chi connectivity index (χ4n) is 6.78. The number of aromatic nitrogens is 2. The van der Waals surface area contributed by atoms with Gasteiger partial charge in [0.15, 0.2) is 0 Å². The Labute approximate surface area is 508 Å². The fourth-order valence-corrected chi connectivity index (χ4v) is 29.9. The van der Waals surface area contributed by atoms with Gasteiger partial charge in [-0.2, -0.15) is 0 Å². The second-order valence-electron chi connectivity index (χ2n) is 15.0. The van der Waals surface area contributed by atoms with Crippen LogP contribution in [0.1, 0.15) is 0 Å². The van der Waals surface area contributed by atoms with E-state index >= 15 is 0 Å². The first-order valence-corrected chi connectivity index (χ1v) is 39.1. The first kappa shape index (κ1) is 62.7. The minimum absolute atomic E-state index is 0.00164. The van der Waals surface area contributed by atoms with Crippen LogP contribution in [0.3, 0.4) is 0 Å². The number of ether oxygens (including phenoxy) is 6. The average molecular weight is 1340 g/mol. The van der Waals surface area contributed by atoms with Gasteiger partial charge in [-0.25, -0.2) is 3.97 Å². The molecule has 0 unspecified atom stereocenters. The topological polar surface area (TPSA) is 154 Å². The summed E-state index contributed by atoms with van der Waals surface area (Å²) in [6.07, 6.45) is 6.47. The Morgan fingerprint density at radius 2 is 0.840 bits per heavy atom. The van der Waals surface area contributed by atoms with Crippen molar-refractivity contribution in [1.82, 2.24) is 8.54 Å². The number of hydrogen-bond donors (Lipinski definition) is 1. The van der Waals surface area contributed by atoms with E-state index in [0.29, 0.717) is 71.8 Å². The van der Waals surface area contributed by atoms with Crippen molar-refractivity contribution in [2.45, 2.75) is 6.54 Å². The quantitative estimate of drug-likeness (QED) is 0.135. The third-order valence-electron chi connectivity index (χ3n) is 10.2. The molecule has 2 aromatic heterocycles. The molecule has 5 aliphatic rings. The number of fused-ring (bicyclic) bond motifs is 10. The zero-order chi connectivity index (χ0) is 52.5. The maximum Gasteiger partial charge on any atom is 0.271 e. The molecule has 1 aromatic carbocycles. The molecule has 7 heterocycles. The average Bonchev–Trinajstić information content (AvgIpc) is 4.32. The lowest BCUT2D eigenvalue weighted by atomic mass is 10.1. The molecule has 0 saturated heterocycles. The van der Waals surface area contributed by atoms with Crippen molar-refractivity contribution in [2.75, 3.05) is 139 Å². The summed E-state index contributed by atoms with van der Waals surface area (Å²) in [5.41, 5.74) is -2.14. The maximum absolute atomic E-state index is 13.4. The van der Waals surface area contributed by atoms with E-state index in [-0.39, 0.29) is 47.9 Å². The molecule has 5 aliphatic heterocycles. The van der Waals surface area contributed by atoms with E-state index < -0.39 is 22.2 Å². The Morgan fingerprint density at radius 1 is 0.467 bits per heavy atom. The van der Waals surface area contributed by atoms with Gasteiger partial charge in [-0.1, -0.05) is 94.1 Å². The van der Waals surface area contributed by atoms with Crippen LogP contribution in [-0.2, 0) is 35.0 Å². The number of rotatable bonds is 16. The molecule has 0 radical (unpaired) electrons. The second-order valence-corrected chi connectivity index (χ2v) is 35.2. The minimum Gasteiger partial charge on any atom is -0.394 e. The molecule has 0 atom stereocenters. The molecule has 8 rings (SSSR count). The van der Waals surface area contributed by atoms with Gasteiger partial charge in [0.1, 0.15) is 0 Å². The number of thioether (sulfide) groups is 16. The Morgan fingerprint density at radius 3 is 1.25 bits per heavy atom. The van der Waals surface area contributed by atoms with Crippen molar-refractivity contribution in [3.63, 3.8) is 0 Å². The second kappa shape index (κ2) is 33.2. The zero-order valence-corrected chi connectivity index (χ0v) is 54.5. The van der Waals surface area contributed by atoms with Crippen molar-refractivity contribution >= 4 is 222 Å². The van der Waals surface area contributed by atoms with Crippen molar-refractivity contribution in [1.29, 1.82) is 0 Å². The Hall–Kier alpha value is 1.61. The summed E-state index contributed by atoms with van der Waals surface area (Å²) in [6, 6.07) is 2.70. The largest absolute Gasteiger partial charge is 0.394 e. The van der Waals surface area contributed by atoms with Crippen LogP contribution in [0, 0.1) is 0 Å². The van der Waals surface area contributed by atoms with E-state index in [9.17, 15) is 19.2 Å². The molecule has 1 N–H and O–H groups in total. The molecule has 13 nitrogen and oxygen atoms in total. The summed E-state index contributed by atoms with van der Waals surface area (Å²) < 4.78 is 53.4. The molecular formula is C45H52N2O11S17. The van der Waals surface area contributed by atoms with E-state index in [0.717, 1.165) is 49.3 Å². The number of aliphatic hydroxyl groups excluding tert-OH is 1. The molecule has 0 saturated carbocycles. The standard InChI is InChI=1S/C45H52N2O11S17/c1-59-34-37-62-18-12-54-8-9-55-14-20-64-39-36(61-3)70-44(73-39)45-74-40(65-21-15-57-11-10-56-13-19-63-38-35(60-2)69-43(72-38)42(68-34)71-37)41(75-45)66-22-16-58-17-23-67-47-32(51)28-24-26-27(25-29(28)33(47)52)31(50)46(30(26)49)4-6-53-7-5-48/h24-25,48H,4-23H2,1-3H3/b43-42+,45-44+. The molecule has 0 aliphatic carbocycles. The number of benzene rings is 1. The summed E-state index contributed by atoms with van der Waals surface area (Å²) in [5.74, 6) is 4.56. The first-order valence-electron chi connectivity index (χ1n) is 23.0. The van der Waals surface area contributed by atoms with Gasteiger partial charge in [0.25, 0.3) is 22.2 Å². The van der Waals surface area contributed by atoms with Crippen molar-refractivity contribution in [2.24, 2.45) is 0 Å². The van der Waals surface area contributed by atoms with Crippen molar-refractivity contribution in [3.05, 3.63) is 104 Å². The maximum atomic E-state index is 13.4. The van der Waals surface area contributed by atoms with Gasteiger partial charge < -0.3 is 33.5 Å². The lowest BCUT2D eigenvalue weighted by molar-refractivity contribution is 0.0605. The monoisotopic (exact) mass is 1340 g/mol. The van der Waals surface area contributed by atoms with Gasteiger partial charge in [0.05, 0.1) is 165 Å². The first-order chi connectivity index (χ1) is 36.7. The zero-order valence-electron chi connectivity index (χ0n) is 40.7. The summed E-state index contributed by atoms with van der Waals surface area (Å²) in [7, 11) is 0. The molecule has 0 fully saturated rings. The smallest absolute Gasteiger partial charge is 0.271 e. The third-order valence-corrected chi connectivity index (χ3v) is 33.6. The summed E-state index contributed by atoms with van der Waals surface area (Å²) in [6.45, 7) is 5.67. The van der Waals surface area contributed by atoms with Gasteiger partial charge in [0.2, 0.25) is 0 Å². The van der Waals surface area contributed by atoms with Crippen LogP contribution >= 0.6 is 200 Å². The lowest BCUT2D eigenvalue weighted by Crippen LogP contribution is -2.27. The summed E-state index contributed by atoms with van der Waals surface area (Å²) in [4.78, 5) is 52.8. The molecule has 3 aromatic rings. The van der Waals surface area contributed by atoms with Gasteiger partial charge in [-0.05, 0) is 42.8 Å². The molecular weight excluding hydrogens is 1290 g/mol. The van der Waals surface area contributed by atoms with Crippen LogP contribution in [-0.4, -0.2) is 153 Å².